The molecule has 0 aliphatic carbocycles. The number of hydrogen-bond donors (Lipinski definition) is 0. The first kappa shape index (κ1) is 15.8. The molecular formula is C16H23IN2O. The summed E-state index contributed by atoms with van der Waals surface area (Å²) in [5, 5.41) is 0. The minimum Gasteiger partial charge on any atom is -0.340 e. The first-order valence-electron chi connectivity index (χ1n) is 7.29. The average molecular weight is 386 g/mol. The van der Waals surface area contributed by atoms with Gasteiger partial charge in [-0.25, -0.2) is 0 Å². The van der Waals surface area contributed by atoms with Crippen molar-refractivity contribution in [2.24, 2.45) is 0 Å². The van der Waals surface area contributed by atoms with Crippen LogP contribution in [0.2, 0.25) is 0 Å². The smallest absolute Gasteiger partial charge is 0.254 e. The molecule has 0 bridgehead atoms. The van der Waals surface area contributed by atoms with Crippen molar-refractivity contribution in [3.05, 3.63) is 32.9 Å². The molecule has 1 aromatic carbocycles. The van der Waals surface area contributed by atoms with Gasteiger partial charge in [-0.2, -0.15) is 0 Å². The fourth-order valence-corrected chi connectivity index (χ4v) is 3.53. The van der Waals surface area contributed by atoms with E-state index in [4.69, 9.17) is 0 Å². The number of hydrogen-bond acceptors (Lipinski definition) is 2. The summed E-state index contributed by atoms with van der Waals surface area (Å²) in [7, 11) is 1.92. The lowest BCUT2D eigenvalue weighted by molar-refractivity contribution is 0.0753. The van der Waals surface area contributed by atoms with Gasteiger partial charge in [0.05, 0.1) is 5.56 Å². The maximum Gasteiger partial charge on any atom is 0.254 e. The summed E-state index contributed by atoms with van der Waals surface area (Å²) in [5.41, 5.74) is 2.00. The standard InChI is InChI=1S/C16H23IN2O/c1-4-19-10-6-8-13(19)11-18(3)16(20)14-9-5-7-12(2)15(14)17/h5,7,9,13H,4,6,8,10-11H2,1-3H3. The van der Waals surface area contributed by atoms with E-state index in [0.29, 0.717) is 6.04 Å². The van der Waals surface area contributed by atoms with Gasteiger partial charge >= 0.3 is 0 Å². The molecule has 0 N–H and O–H groups in total. The number of carbonyl (C=O) groups excluding carboxylic acids is 1. The molecule has 1 saturated heterocycles. The molecule has 0 radical (unpaired) electrons. The summed E-state index contributed by atoms with van der Waals surface area (Å²) < 4.78 is 1.07. The molecule has 2 rings (SSSR count). The predicted octanol–water partition coefficient (Wildman–Crippen LogP) is 3.16. The van der Waals surface area contributed by atoms with Gasteiger partial charge in [-0.1, -0.05) is 19.1 Å². The molecule has 1 unspecified atom stereocenters. The van der Waals surface area contributed by atoms with Gasteiger partial charge < -0.3 is 4.90 Å². The SMILES string of the molecule is CCN1CCCC1CN(C)C(=O)c1cccc(C)c1I. The largest absolute Gasteiger partial charge is 0.340 e. The molecule has 1 atom stereocenters. The van der Waals surface area contributed by atoms with Crippen molar-refractivity contribution < 1.29 is 4.79 Å². The van der Waals surface area contributed by atoms with Crippen LogP contribution in [0.3, 0.4) is 0 Å². The zero-order chi connectivity index (χ0) is 14.7. The quantitative estimate of drug-likeness (QED) is 0.743. The molecule has 1 aromatic rings. The summed E-state index contributed by atoms with van der Waals surface area (Å²) in [5.74, 6) is 0.140. The van der Waals surface area contributed by atoms with Gasteiger partial charge in [0, 0.05) is 23.2 Å². The molecule has 1 amide bonds. The Kier molecular flexibility index (Phi) is 5.43. The van der Waals surface area contributed by atoms with Crippen molar-refractivity contribution >= 4 is 28.5 Å². The van der Waals surface area contributed by atoms with Crippen LogP contribution in [0.4, 0.5) is 0 Å². The van der Waals surface area contributed by atoms with Crippen molar-refractivity contribution in [2.75, 3.05) is 26.7 Å². The number of likely N-dealkylation sites (N-methyl/N-ethyl adjacent to an activating group) is 2. The van der Waals surface area contributed by atoms with Crippen LogP contribution >= 0.6 is 22.6 Å². The van der Waals surface area contributed by atoms with Crippen LogP contribution in [0.25, 0.3) is 0 Å². The molecule has 20 heavy (non-hydrogen) atoms. The molecule has 0 saturated carbocycles. The number of benzene rings is 1. The number of carbonyl (C=O) groups is 1. The van der Waals surface area contributed by atoms with E-state index in [1.54, 1.807) is 0 Å². The Balaban J connectivity index is 2.07. The van der Waals surface area contributed by atoms with E-state index in [1.807, 2.05) is 37.1 Å². The Bertz CT molecular complexity index is 489. The topological polar surface area (TPSA) is 23.6 Å². The van der Waals surface area contributed by atoms with Crippen LogP contribution < -0.4 is 0 Å². The molecule has 4 heteroatoms. The summed E-state index contributed by atoms with van der Waals surface area (Å²) in [6.07, 6.45) is 2.46. The summed E-state index contributed by atoms with van der Waals surface area (Å²) in [4.78, 5) is 17.0. The minimum absolute atomic E-state index is 0.140. The van der Waals surface area contributed by atoms with Gasteiger partial charge in [0.15, 0.2) is 0 Å². The van der Waals surface area contributed by atoms with Gasteiger partial charge in [-0.05, 0) is 67.1 Å². The molecule has 1 fully saturated rings. The van der Waals surface area contributed by atoms with Crippen LogP contribution in [0.5, 0.6) is 0 Å². The van der Waals surface area contributed by atoms with E-state index in [0.717, 1.165) is 22.2 Å². The summed E-state index contributed by atoms with van der Waals surface area (Å²) >= 11 is 2.27. The Morgan fingerprint density at radius 2 is 2.25 bits per heavy atom. The van der Waals surface area contributed by atoms with Crippen LogP contribution in [-0.4, -0.2) is 48.4 Å². The predicted molar refractivity (Wildman–Crippen MR) is 91.1 cm³/mol. The third kappa shape index (κ3) is 3.34. The fourth-order valence-electron chi connectivity index (χ4n) is 2.94. The van der Waals surface area contributed by atoms with Gasteiger partial charge in [-0.3, -0.25) is 9.69 Å². The number of nitrogens with zero attached hydrogens (tertiary/aromatic N) is 2. The van der Waals surface area contributed by atoms with Gasteiger partial charge in [0.25, 0.3) is 5.91 Å². The van der Waals surface area contributed by atoms with E-state index in [1.165, 1.54) is 24.9 Å². The maximum atomic E-state index is 12.6. The molecule has 0 aromatic heterocycles. The van der Waals surface area contributed by atoms with Gasteiger partial charge in [0.1, 0.15) is 0 Å². The Morgan fingerprint density at radius 1 is 1.50 bits per heavy atom. The monoisotopic (exact) mass is 386 g/mol. The second-order valence-corrected chi connectivity index (χ2v) is 6.63. The van der Waals surface area contributed by atoms with E-state index in [2.05, 4.69) is 34.4 Å². The van der Waals surface area contributed by atoms with Crippen molar-refractivity contribution in [2.45, 2.75) is 32.7 Å². The second kappa shape index (κ2) is 6.89. The highest BCUT2D eigenvalue weighted by Crippen LogP contribution is 2.21. The maximum absolute atomic E-state index is 12.6. The van der Waals surface area contributed by atoms with Gasteiger partial charge in [0.2, 0.25) is 0 Å². The third-order valence-corrected chi connectivity index (χ3v) is 5.59. The van der Waals surface area contributed by atoms with Gasteiger partial charge in [-0.15, -0.1) is 0 Å². The molecule has 1 aliphatic heterocycles. The van der Waals surface area contributed by atoms with Crippen LogP contribution in [0.1, 0.15) is 35.7 Å². The summed E-state index contributed by atoms with van der Waals surface area (Å²) in [6.45, 7) is 7.33. The zero-order valence-corrected chi connectivity index (χ0v) is 14.7. The first-order chi connectivity index (χ1) is 9.54. The fraction of sp³-hybridized carbons (Fsp3) is 0.562. The molecule has 1 heterocycles. The highest BCUT2D eigenvalue weighted by atomic mass is 127. The van der Waals surface area contributed by atoms with Crippen molar-refractivity contribution in [1.29, 1.82) is 0 Å². The van der Waals surface area contributed by atoms with E-state index < -0.39 is 0 Å². The van der Waals surface area contributed by atoms with Crippen molar-refractivity contribution in [1.82, 2.24) is 9.80 Å². The molecule has 3 nitrogen and oxygen atoms in total. The number of halogens is 1. The van der Waals surface area contributed by atoms with Crippen molar-refractivity contribution in [3.63, 3.8) is 0 Å². The van der Waals surface area contributed by atoms with E-state index >= 15 is 0 Å². The Hall–Kier alpha value is -0.620. The molecule has 110 valence electrons. The van der Waals surface area contributed by atoms with Crippen LogP contribution in [0, 0.1) is 10.5 Å². The number of likely N-dealkylation sites (tertiary alicyclic amines) is 1. The lowest BCUT2D eigenvalue weighted by Gasteiger charge is -2.28. The third-order valence-electron chi connectivity index (χ3n) is 4.16. The number of amides is 1. The minimum atomic E-state index is 0.140. The molecule has 0 spiro atoms. The number of rotatable bonds is 4. The Labute approximate surface area is 135 Å². The van der Waals surface area contributed by atoms with Crippen LogP contribution in [-0.2, 0) is 0 Å². The molecular weight excluding hydrogens is 363 g/mol. The van der Waals surface area contributed by atoms with E-state index in [-0.39, 0.29) is 5.91 Å². The summed E-state index contributed by atoms with van der Waals surface area (Å²) in [6, 6.07) is 6.47. The lowest BCUT2D eigenvalue weighted by atomic mass is 10.1. The number of aryl methyl sites for hydroxylation is 1. The van der Waals surface area contributed by atoms with Crippen molar-refractivity contribution in [3.8, 4) is 0 Å². The second-order valence-electron chi connectivity index (χ2n) is 5.55. The zero-order valence-electron chi connectivity index (χ0n) is 12.5. The highest BCUT2D eigenvalue weighted by molar-refractivity contribution is 14.1. The van der Waals surface area contributed by atoms with E-state index in [9.17, 15) is 4.79 Å². The lowest BCUT2D eigenvalue weighted by Crippen LogP contribution is -2.41. The normalized spacial score (nSPS) is 19.3. The average Bonchev–Trinajstić information content (AvgIpc) is 2.88. The van der Waals surface area contributed by atoms with Crippen LogP contribution in [0.15, 0.2) is 18.2 Å². The molecule has 1 aliphatic rings. The first-order valence-corrected chi connectivity index (χ1v) is 8.37. The Morgan fingerprint density at radius 3 is 2.95 bits per heavy atom. The highest BCUT2D eigenvalue weighted by Gasteiger charge is 2.26.